The average Bonchev–Trinajstić information content (AvgIpc) is 2.38. The smallest absolute Gasteiger partial charge is 0.256 e. The minimum Gasteiger partial charge on any atom is -0.396 e. The molecule has 0 radical (unpaired) electrons. The first-order valence-corrected chi connectivity index (χ1v) is 6.15. The Morgan fingerprint density at radius 3 is 3.00 bits per heavy atom. The molecule has 1 aliphatic rings. The minimum atomic E-state index is -2.91. The van der Waals surface area contributed by atoms with E-state index >= 15 is 0 Å². The van der Waals surface area contributed by atoms with Crippen molar-refractivity contribution in [1.82, 2.24) is 9.88 Å². The second kappa shape index (κ2) is 5.21. The van der Waals surface area contributed by atoms with Gasteiger partial charge < -0.3 is 10.0 Å². The Bertz CT molecular complexity index is 479. The van der Waals surface area contributed by atoms with Crippen LogP contribution in [0.15, 0.2) is 18.3 Å². The highest BCUT2D eigenvalue weighted by Gasteiger charge is 2.44. The maximum absolute atomic E-state index is 13.5. The van der Waals surface area contributed by atoms with E-state index in [1.807, 2.05) is 0 Å². The molecule has 1 aromatic rings. The fourth-order valence-corrected chi connectivity index (χ4v) is 2.24. The van der Waals surface area contributed by atoms with Crippen LogP contribution >= 0.6 is 0 Å². The molecule has 2 rings (SSSR count). The zero-order valence-corrected chi connectivity index (χ0v) is 10.6. The van der Waals surface area contributed by atoms with E-state index in [1.54, 1.807) is 25.3 Å². The predicted octanol–water partition coefficient (Wildman–Crippen LogP) is 1.48. The quantitative estimate of drug-likeness (QED) is 0.885. The molecule has 0 spiro atoms. The molecule has 19 heavy (non-hydrogen) atoms. The Morgan fingerprint density at radius 1 is 1.63 bits per heavy atom. The number of carbonyl (C=O) groups is 1. The molecular formula is C13H16F2N2O2. The lowest BCUT2D eigenvalue weighted by Crippen LogP contribution is -2.50. The number of alkyl halides is 2. The van der Waals surface area contributed by atoms with Gasteiger partial charge in [0.2, 0.25) is 0 Å². The van der Waals surface area contributed by atoms with Crippen molar-refractivity contribution in [1.29, 1.82) is 0 Å². The first kappa shape index (κ1) is 13.9. The summed E-state index contributed by atoms with van der Waals surface area (Å²) in [6.07, 6.45) is 1.16. The summed E-state index contributed by atoms with van der Waals surface area (Å²) in [5, 5.41) is 9.02. The highest BCUT2D eigenvalue weighted by Crippen LogP contribution is 2.33. The van der Waals surface area contributed by atoms with Crippen molar-refractivity contribution in [3.63, 3.8) is 0 Å². The molecule has 2 heterocycles. The summed E-state index contributed by atoms with van der Waals surface area (Å²) >= 11 is 0. The summed E-state index contributed by atoms with van der Waals surface area (Å²) in [6, 6.07) is 3.27. The Labute approximate surface area is 110 Å². The van der Waals surface area contributed by atoms with Crippen molar-refractivity contribution in [2.45, 2.75) is 19.3 Å². The third-order valence-electron chi connectivity index (χ3n) is 3.50. The predicted molar refractivity (Wildman–Crippen MR) is 65.0 cm³/mol. The molecule has 1 saturated heterocycles. The lowest BCUT2D eigenvalue weighted by Gasteiger charge is -2.37. The van der Waals surface area contributed by atoms with E-state index in [4.69, 9.17) is 5.11 Å². The molecule has 1 aromatic heterocycles. The first-order valence-electron chi connectivity index (χ1n) is 6.15. The summed E-state index contributed by atoms with van der Waals surface area (Å²) in [7, 11) is 0. The summed E-state index contributed by atoms with van der Waals surface area (Å²) in [4.78, 5) is 17.6. The molecule has 0 bridgehead atoms. The number of likely N-dealkylation sites (tertiary alicyclic amines) is 1. The van der Waals surface area contributed by atoms with Gasteiger partial charge in [0.25, 0.3) is 11.8 Å². The van der Waals surface area contributed by atoms with Crippen molar-refractivity contribution in [2.75, 3.05) is 19.7 Å². The maximum atomic E-state index is 13.5. The van der Waals surface area contributed by atoms with Crippen LogP contribution in [0, 0.1) is 12.8 Å². The molecule has 0 saturated carbocycles. The van der Waals surface area contributed by atoms with E-state index in [1.165, 1.54) is 4.90 Å². The van der Waals surface area contributed by atoms with Crippen LogP contribution < -0.4 is 0 Å². The van der Waals surface area contributed by atoms with Gasteiger partial charge in [-0.2, -0.15) is 0 Å². The zero-order valence-electron chi connectivity index (χ0n) is 10.6. The summed E-state index contributed by atoms with van der Waals surface area (Å²) in [6.45, 7) is 0.950. The molecule has 1 fully saturated rings. The molecule has 1 amide bonds. The lowest BCUT2D eigenvalue weighted by atomic mass is 9.93. The van der Waals surface area contributed by atoms with Crippen molar-refractivity contribution in [3.05, 3.63) is 29.6 Å². The van der Waals surface area contributed by atoms with Crippen LogP contribution in [0.25, 0.3) is 0 Å². The number of amides is 1. The summed E-state index contributed by atoms with van der Waals surface area (Å²) < 4.78 is 27.0. The van der Waals surface area contributed by atoms with E-state index < -0.39 is 24.9 Å². The third-order valence-corrected chi connectivity index (χ3v) is 3.50. The Balaban J connectivity index is 2.16. The average molecular weight is 270 g/mol. The summed E-state index contributed by atoms with van der Waals surface area (Å²) in [5.41, 5.74) is 0.995. The normalized spacial score (nSPS) is 22.3. The molecule has 4 nitrogen and oxygen atoms in total. The van der Waals surface area contributed by atoms with Gasteiger partial charge in [-0.25, -0.2) is 8.78 Å². The Morgan fingerprint density at radius 2 is 2.37 bits per heavy atom. The number of aliphatic hydroxyl groups is 1. The van der Waals surface area contributed by atoms with Crippen LogP contribution in [0.1, 0.15) is 22.5 Å². The number of pyridine rings is 1. The Kier molecular flexibility index (Phi) is 3.80. The van der Waals surface area contributed by atoms with Gasteiger partial charge in [0.05, 0.1) is 18.1 Å². The number of halogens is 2. The van der Waals surface area contributed by atoms with Gasteiger partial charge in [0.1, 0.15) is 0 Å². The number of hydrogen-bond donors (Lipinski definition) is 1. The topological polar surface area (TPSA) is 53.4 Å². The van der Waals surface area contributed by atoms with E-state index in [0.717, 1.165) is 0 Å². The number of piperidine rings is 1. The van der Waals surface area contributed by atoms with E-state index in [9.17, 15) is 13.6 Å². The van der Waals surface area contributed by atoms with E-state index in [2.05, 4.69) is 4.98 Å². The molecule has 104 valence electrons. The molecular weight excluding hydrogens is 254 g/mol. The van der Waals surface area contributed by atoms with Crippen LogP contribution in [0.4, 0.5) is 8.78 Å². The molecule has 1 unspecified atom stereocenters. The monoisotopic (exact) mass is 270 g/mol. The molecule has 6 heteroatoms. The number of aromatic nitrogens is 1. The van der Waals surface area contributed by atoms with Gasteiger partial charge in [-0.1, -0.05) is 0 Å². The second-order valence-corrected chi connectivity index (χ2v) is 4.78. The number of carbonyl (C=O) groups excluding carboxylic acids is 1. The van der Waals surface area contributed by atoms with Crippen molar-refractivity contribution < 1.29 is 18.7 Å². The number of aryl methyl sites for hydroxylation is 1. The van der Waals surface area contributed by atoms with Gasteiger partial charge >= 0.3 is 0 Å². The van der Waals surface area contributed by atoms with E-state index in [0.29, 0.717) is 11.3 Å². The lowest BCUT2D eigenvalue weighted by molar-refractivity contribution is -0.113. The van der Waals surface area contributed by atoms with Crippen LogP contribution in [-0.4, -0.2) is 46.5 Å². The molecule has 0 aromatic carbocycles. The van der Waals surface area contributed by atoms with Gasteiger partial charge in [-0.3, -0.25) is 9.78 Å². The number of rotatable bonds is 2. The fourth-order valence-electron chi connectivity index (χ4n) is 2.24. The highest BCUT2D eigenvalue weighted by molar-refractivity contribution is 5.95. The zero-order chi connectivity index (χ0) is 14.0. The van der Waals surface area contributed by atoms with Crippen LogP contribution in [0.3, 0.4) is 0 Å². The van der Waals surface area contributed by atoms with Gasteiger partial charge in [0, 0.05) is 31.4 Å². The maximum Gasteiger partial charge on any atom is 0.256 e. The number of nitrogens with zero attached hydrogens (tertiary/aromatic N) is 2. The van der Waals surface area contributed by atoms with Crippen molar-refractivity contribution >= 4 is 5.91 Å². The third kappa shape index (κ3) is 2.73. The van der Waals surface area contributed by atoms with Crippen LogP contribution in [0.2, 0.25) is 0 Å². The van der Waals surface area contributed by atoms with Gasteiger partial charge in [0.15, 0.2) is 0 Å². The second-order valence-electron chi connectivity index (χ2n) is 4.78. The van der Waals surface area contributed by atoms with E-state index in [-0.39, 0.29) is 19.0 Å². The molecule has 1 atom stereocenters. The summed E-state index contributed by atoms with van der Waals surface area (Å²) in [5.74, 6) is -4.41. The fraction of sp³-hybridized carbons (Fsp3) is 0.538. The number of aliphatic hydroxyl groups excluding tert-OH is 1. The molecule has 1 N–H and O–H groups in total. The standard InChI is InChI=1S/C13H16F2N2O2/c1-9-11(3-2-5-16-9)12(19)17-6-4-13(14,15)10(7-17)8-18/h2-3,5,10,18H,4,6-8H2,1H3. The highest BCUT2D eigenvalue weighted by atomic mass is 19.3. The minimum absolute atomic E-state index is 0.00331. The van der Waals surface area contributed by atoms with Crippen LogP contribution in [-0.2, 0) is 0 Å². The largest absolute Gasteiger partial charge is 0.396 e. The van der Waals surface area contributed by atoms with Crippen molar-refractivity contribution in [3.8, 4) is 0 Å². The molecule has 0 aliphatic carbocycles. The first-order chi connectivity index (χ1) is 8.95. The van der Waals surface area contributed by atoms with Crippen molar-refractivity contribution in [2.24, 2.45) is 5.92 Å². The molecule has 1 aliphatic heterocycles. The van der Waals surface area contributed by atoms with Gasteiger partial charge in [-0.05, 0) is 19.1 Å². The SMILES string of the molecule is Cc1ncccc1C(=O)N1CCC(F)(F)C(CO)C1. The van der Waals surface area contributed by atoms with Crippen LogP contribution in [0.5, 0.6) is 0 Å². The number of hydrogen-bond acceptors (Lipinski definition) is 3. The Hall–Kier alpha value is -1.56. The van der Waals surface area contributed by atoms with Gasteiger partial charge in [-0.15, -0.1) is 0 Å².